The minimum absolute atomic E-state index is 1.03. The zero-order chi connectivity index (χ0) is 5.82. The van der Waals surface area contributed by atoms with Crippen molar-refractivity contribution in [1.29, 1.82) is 0 Å². The highest BCUT2D eigenvalue weighted by molar-refractivity contribution is 8.02. The lowest BCUT2D eigenvalue weighted by atomic mass is 10.6. The Morgan fingerprint density at radius 3 is 3.00 bits per heavy atom. The van der Waals surface area contributed by atoms with Crippen LogP contribution in [0.2, 0.25) is 0 Å². The van der Waals surface area contributed by atoms with E-state index in [1.807, 2.05) is 18.4 Å². The first-order valence-corrected chi connectivity index (χ1v) is 3.48. The van der Waals surface area contributed by atoms with Gasteiger partial charge in [0.05, 0.1) is 0 Å². The zero-order valence-corrected chi connectivity index (χ0v) is 5.37. The van der Waals surface area contributed by atoms with Crippen molar-refractivity contribution in [3.63, 3.8) is 0 Å². The highest BCUT2D eigenvalue weighted by Crippen LogP contribution is 2.09. The lowest BCUT2D eigenvalue weighted by Gasteiger charge is -2.07. The third-order valence-corrected chi connectivity index (χ3v) is 1.43. The van der Waals surface area contributed by atoms with Crippen LogP contribution in [-0.4, -0.2) is 6.26 Å². The van der Waals surface area contributed by atoms with Gasteiger partial charge in [0, 0.05) is 0 Å². The predicted molar refractivity (Wildman–Crippen MR) is 35.0 cm³/mol. The third kappa shape index (κ3) is 1.20. The number of hydroxylamine groups is 1. The number of thioether (sulfide) groups is 1. The molecule has 0 aromatic heterocycles. The van der Waals surface area contributed by atoms with Crippen molar-refractivity contribution in [2.24, 2.45) is 0 Å². The molecule has 0 amide bonds. The summed E-state index contributed by atoms with van der Waals surface area (Å²) >= 11 is 1.62. The molecule has 1 aliphatic heterocycles. The van der Waals surface area contributed by atoms with Crippen LogP contribution < -0.4 is 5.48 Å². The second-order valence-corrected chi connectivity index (χ2v) is 2.13. The van der Waals surface area contributed by atoms with Crippen molar-refractivity contribution in [1.82, 2.24) is 5.48 Å². The monoisotopic (exact) mass is 129 g/mol. The molecular formula is C5H7NOS. The summed E-state index contributed by atoms with van der Waals surface area (Å²) in [5.74, 6) is 0. The van der Waals surface area contributed by atoms with Gasteiger partial charge in [0.2, 0.25) is 0 Å². The van der Waals surface area contributed by atoms with Crippen LogP contribution in [0.4, 0.5) is 0 Å². The SMILES string of the molecule is CSC1=CC=CON1. The van der Waals surface area contributed by atoms with Crippen molar-refractivity contribution in [3.05, 3.63) is 23.4 Å². The fraction of sp³-hybridized carbons (Fsp3) is 0.200. The second-order valence-electron chi connectivity index (χ2n) is 1.28. The number of hydrogen-bond donors (Lipinski definition) is 1. The average Bonchev–Trinajstić information content (AvgIpc) is 1.90. The number of hydrogen-bond acceptors (Lipinski definition) is 3. The Morgan fingerprint density at radius 2 is 2.62 bits per heavy atom. The van der Waals surface area contributed by atoms with Crippen LogP contribution in [0.15, 0.2) is 23.4 Å². The largest absolute Gasteiger partial charge is 0.390 e. The van der Waals surface area contributed by atoms with Gasteiger partial charge in [-0.15, -0.1) is 11.8 Å². The molecule has 8 heavy (non-hydrogen) atoms. The minimum atomic E-state index is 1.03. The summed E-state index contributed by atoms with van der Waals surface area (Å²) in [4.78, 5) is 4.75. The van der Waals surface area contributed by atoms with Crippen LogP contribution >= 0.6 is 11.8 Å². The van der Waals surface area contributed by atoms with Crippen molar-refractivity contribution < 1.29 is 4.84 Å². The molecule has 0 aromatic rings. The molecule has 0 spiro atoms. The molecule has 1 heterocycles. The van der Waals surface area contributed by atoms with E-state index < -0.39 is 0 Å². The van der Waals surface area contributed by atoms with Gasteiger partial charge < -0.3 is 4.84 Å². The average molecular weight is 129 g/mol. The molecule has 0 saturated carbocycles. The fourth-order valence-corrected chi connectivity index (χ4v) is 0.748. The maximum absolute atomic E-state index is 4.75. The molecule has 0 fully saturated rings. The molecule has 0 unspecified atom stereocenters. The molecule has 0 aliphatic carbocycles. The maximum Gasteiger partial charge on any atom is 0.119 e. The standard InChI is InChI=1S/C5H7NOS/c1-8-5-3-2-4-7-6-5/h2-4,6H,1H3. The maximum atomic E-state index is 4.75. The number of rotatable bonds is 1. The van der Waals surface area contributed by atoms with Crippen LogP contribution in [-0.2, 0) is 4.84 Å². The van der Waals surface area contributed by atoms with E-state index in [0.717, 1.165) is 5.03 Å². The van der Waals surface area contributed by atoms with Crippen molar-refractivity contribution in [2.45, 2.75) is 0 Å². The molecule has 2 nitrogen and oxygen atoms in total. The molecule has 0 aromatic carbocycles. The van der Waals surface area contributed by atoms with E-state index in [1.165, 1.54) is 0 Å². The van der Waals surface area contributed by atoms with Gasteiger partial charge in [0.25, 0.3) is 0 Å². The molecule has 0 radical (unpaired) electrons. The van der Waals surface area contributed by atoms with E-state index in [1.54, 1.807) is 18.0 Å². The van der Waals surface area contributed by atoms with Gasteiger partial charge in [-0.2, -0.15) is 0 Å². The molecule has 0 saturated heterocycles. The van der Waals surface area contributed by atoms with E-state index >= 15 is 0 Å². The first kappa shape index (κ1) is 5.56. The lowest BCUT2D eigenvalue weighted by Crippen LogP contribution is -2.09. The van der Waals surface area contributed by atoms with Gasteiger partial charge in [0.1, 0.15) is 11.3 Å². The van der Waals surface area contributed by atoms with E-state index in [2.05, 4.69) is 5.48 Å². The van der Waals surface area contributed by atoms with Crippen molar-refractivity contribution in [3.8, 4) is 0 Å². The fourth-order valence-electron chi connectivity index (χ4n) is 0.402. The van der Waals surface area contributed by atoms with Gasteiger partial charge in [-0.25, -0.2) is 5.48 Å². The van der Waals surface area contributed by atoms with Gasteiger partial charge in [-0.3, -0.25) is 0 Å². The molecule has 1 N–H and O–H groups in total. The Morgan fingerprint density at radius 1 is 1.75 bits per heavy atom. The van der Waals surface area contributed by atoms with Gasteiger partial charge in [-0.1, -0.05) is 0 Å². The molecule has 0 bridgehead atoms. The Bertz CT molecular complexity index is 130. The van der Waals surface area contributed by atoms with Gasteiger partial charge in [-0.05, 0) is 18.4 Å². The smallest absolute Gasteiger partial charge is 0.119 e. The van der Waals surface area contributed by atoms with Crippen LogP contribution in [0.25, 0.3) is 0 Å². The van der Waals surface area contributed by atoms with E-state index in [-0.39, 0.29) is 0 Å². The summed E-state index contributed by atoms with van der Waals surface area (Å²) in [6, 6.07) is 0. The van der Waals surface area contributed by atoms with Crippen molar-refractivity contribution in [2.75, 3.05) is 6.26 Å². The molecule has 0 atom stereocenters. The third-order valence-electron chi connectivity index (χ3n) is 0.774. The lowest BCUT2D eigenvalue weighted by molar-refractivity contribution is 0.168. The summed E-state index contributed by atoms with van der Waals surface area (Å²) in [6.07, 6.45) is 7.39. The zero-order valence-electron chi connectivity index (χ0n) is 4.55. The summed E-state index contributed by atoms with van der Waals surface area (Å²) in [6.45, 7) is 0. The molecular weight excluding hydrogens is 122 g/mol. The summed E-state index contributed by atoms with van der Waals surface area (Å²) < 4.78 is 0. The van der Waals surface area contributed by atoms with E-state index in [9.17, 15) is 0 Å². The van der Waals surface area contributed by atoms with Gasteiger partial charge in [0.15, 0.2) is 0 Å². The first-order valence-electron chi connectivity index (χ1n) is 2.26. The molecule has 1 aliphatic rings. The summed E-state index contributed by atoms with van der Waals surface area (Å²) in [5, 5.41) is 1.03. The number of allylic oxidation sites excluding steroid dienone is 2. The Kier molecular flexibility index (Phi) is 1.86. The molecule has 44 valence electrons. The highest BCUT2D eigenvalue weighted by atomic mass is 32.2. The quantitative estimate of drug-likeness (QED) is 0.575. The van der Waals surface area contributed by atoms with Gasteiger partial charge >= 0.3 is 0 Å². The van der Waals surface area contributed by atoms with Crippen LogP contribution in [0.5, 0.6) is 0 Å². The summed E-state index contributed by atoms with van der Waals surface area (Å²) in [5.41, 5.74) is 2.71. The minimum Gasteiger partial charge on any atom is -0.390 e. The Labute approximate surface area is 52.6 Å². The van der Waals surface area contributed by atoms with Crippen molar-refractivity contribution >= 4 is 11.8 Å². The Hall–Kier alpha value is -0.570. The molecule has 3 heteroatoms. The van der Waals surface area contributed by atoms with Crippen LogP contribution in [0.1, 0.15) is 0 Å². The molecule has 1 rings (SSSR count). The normalized spacial score (nSPS) is 16.4. The van der Waals surface area contributed by atoms with Crippen LogP contribution in [0.3, 0.4) is 0 Å². The topological polar surface area (TPSA) is 21.3 Å². The second kappa shape index (κ2) is 2.67. The Balaban J connectivity index is 2.50. The van der Waals surface area contributed by atoms with E-state index in [4.69, 9.17) is 4.84 Å². The van der Waals surface area contributed by atoms with E-state index in [0.29, 0.717) is 0 Å². The predicted octanol–water partition coefficient (Wildman–Crippen LogP) is 1.24. The highest BCUT2D eigenvalue weighted by Gasteiger charge is 1.92. The number of nitrogens with one attached hydrogen (secondary N) is 1. The van der Waals surface area contributed by atoms with Crippen LogP contribution in [0, 0.1) is 0 Å². The first-order chi connectivity index (χ1) is 3.93. The summed E-state index contributed by atoms with van der Waals surface area (Å²) in [7, 11) is 0.